The van der Waals surface area contributed by atoms with Gasteiger partial charge in [0.05, 0.1) is 22.3 Å². The van der Waals surface area contributed by atoms with Gasteiger partial charge >= 0.3 is 0 Å². The van der Waals surface area contributed by atoms with Gasteiger partial charge in [0.1, 0.15) is 12.0 Å². The van der Waals surface area contributed by atoms with Gasteiger partial charge < -0.3 is 4.42 Å². The van der Waals surface area contributed by atoms with Crippen molar-refractivity contribution in [2.75, 3.05) is 4.31 Å². The summed E-state index contributed by atoms with van der Waals surface area (Å²) in [7, 11) is -4.02. The minimum Gasteiger partial charge on any atom is -0.452 e. The summed E-state index contributed by atoms with van der Waals surface area (Å²) in [6.07, 6.45) is 3.41. The second-order valence-corrected chi connectivity index (χ2v) is 8.81. The summed E-state index contributed by atoms with van der Waals surface area (Å²) in [5.74, 6) is 0.695. The summed E-state index contributed by atoms with van der Waals surface area (Å²) in [6.45, 7) is 0. The van der Waals surface area contributed by atoms with E-state index in [1.54, 1.807) is 60.7 Å². The number of hydrogen-bond acceptors (Lipinski definition) is 7. The monoisotopic (exact) mass is 492 g/mol. The molecular weight excluding hydrogens is 476 g/mol. The minimum atomic E-state index is -4.02. The Bertz CT molecular complexity index is 1560. The molecule has 0 aliphatic rings. The molecule has 0 amide bonds. The fourth-order valence-corrected chi connectivity index (χ4v) is 4.92. The van der Waals surface area contributed by atoms with Crippen LogP contribution in [0.1, 0.15) is 10.6 Å². The summed E-state index contributed by atoms with van der Waals surface area (Å²) in [4.78, 5) is 24.1. The second kappa shape index (κ2) is 9.42. The molecule has 34 heavy (non-hydrogen) atoms. The third-order valence-corrected chi connectivity index (χ3v) is 6.69. The van der Waals surface area contributed by atoms with Crippen LogP contribution in [0, 0.1) is 0 Å². The van der Waals surface area contributed by atoms with Crippen molar-refractivity contribution in [2.24, 2.45) is 0 Å². The fraction of sp³-hybridized carbons (Fsp3) is 0. The number of fused-ring (bicyclic) bond motifs is 1. The predicted octanol–water partition coefficient (Wildman–Crippen LogP) is 5.05. The molecule has 170 valence electrons. The topological polar surface area (TPSA) is 106 Å². The molecule has 3 heterocycles. The molecule has 5 aromatic rings. The molecule has 0 fully saturated rings. The molecule has 10 heteroatoms. The number of halogens is 1. The van der Waals surface area contributed by atoms with Crippen molar-refractivity contribution < 1.29 is 17.6 Å². The van der Waals surface area contributed by atoms with Crippen LogP contribution in [0.2, 0.25) is 0 Å². The van der Waals surface area contributed by atoms with E-state index in [0.29, 0.717) is 34.3 Å². The Morgan fingerprint density at radius 2 is 1.56 bits per heavy atom. The van der Waals surface area contributed by atoms with Gasteiger partial charge in [0, 0.05) is 5.39 Å². The molecule has 0 unspecified atom stereocenters. The lowest BCUT2D eigenvalue weighted by atomic mass is 10.2. The van der Waals surface area contributed by atoms with Crippen LogP contribution in [0.15, 0.2) is 101 Å². The molecular formula is C24H17ClN4O4S. The number of aromatic nitrogens is 3. The highest BCUT2D eigenvalue weighted by molar-refractivity contribution is 7.93. The third kappa shape index (κ3) is 4.14. The summed E-state index contributed by atoms with van der Waals surface area (Å²) >= 11 is 0. The van der Waals surface area contributed by atoms with Gasteiger partial charge in [-0.05, 0) is 42.5 Å². The van der Waals surface area contributed by atoms with Crippen molar-refractivity contribution in [3.8, 4) is 11.5 Å². The number of benzene rings is 2. The molecule has 0 radical (unpaired) electrons. The lowest BCUT2D eigenvalue weighted by Gasteiger charge is -2.24. The van der Waals surface area contributed by atoms with E-state index < -0.39 is 10.0 Å². The molecule has 0 spiro atoms. The number of sulfonamides is 1. The first kappa shape index (κ1) is 23.1. The van der Waals surface area contributed by atoms with Crippen molar-refractivity contribution in [3.05, 3.63) is 97.1 Å². The molecule has 0 saturated heterocycles. The third-order valence-electron chi connectivity index (χ3n) is 4.96. The number of furan rings is 1. The predicted molar refractivity (Wildman–Crippen MR) is 130 cm³/mol. The summed E-state index contributed by atoms with van der Waals surface area (Å²) in [5.41, 5.74) is 1.29. The Balaban J connectivity index is 0.00000274. The number of para-hydroxylation sites is 1. The fourth-order valence-electron chi connectivity index (χ4n) is 3.43. The Morgan fingerprint density at radius 3 is 2.24 bits per heavy atom. The maximum Gasteiger partial charge on any atom is 0.269 e. The van der Waals surface area contributed by atoms with Crippen LogP contribution in [0.5, 0.6) is 0 Å². The van der Waals surface area contributed by atoms with Gasteiger partial charge in [-0.25, -0.2) is 22.7 Å². The average molecular weight is 493 g/mol. The molecule has 5 rings (SSSR count). The zero-order valence-corrected chi connectivity index (χ0v) is 19.1. The molecule has 3 aromatic heterocycles. The first-order chi connectivity index (χ1) is 16.1. The van der Waals surface area contributed by atoms with Crippen LogP contribution in [-0.4, -0.2) is 29.7 Å². The van der Waals surface area contributed by atoms with Gasteiger partial charge in [-0.15, -0.1) is 12.4 Å². The van der Waals surface area contributed by atoms with E-state index in [9.17, 15) is 13.2 Å². The zero-order valence-electron chi connectivity index (χ0n) is 17.5. The first-order valence-corrected chi connectivity index (χ1v) is 11.3. The largest absolute Gasteiger partial charge is 0.452 e. The molecule has 0 atom stereocenters. The number of aldehydes is 1. The van der Waals surface area contributed by atoms with Crippen LogP contribution in [0.25, 0.3) is 22.4 Å². The lowest BCUT2D eigenvalue weighted by molar-refractivity contribution is 0.110. The van der Waals surface area contributed by atoms with E-state index >= 15 is 0 Å². The van der Waals surface area contributed by atoms with Gasteiger partial charge in [-0.2, -0.15) is 0 Å². The zero-order chi connectivity index (χ0) is 22.8. The van der Waals surface area contributed by atoms with Crippen molar-refractivity contribution in [3.63, 3.8) is 0 Å². The quantitative estimate of drug-likeness (QED) is 0.305. The van der Waals surface area contributed by atoms with E-state index in [0.717, 1.165) is 0 Å². The normalized spacial score (nSPS) is 11.1. The standard InChI is InChI=1S/C24H16N4O4S.ClH/c29-15-18-11-12-23(32-18)21-13-20-22(14-25-21)26-16-27-24(20)28(17-7-3-1-4-8-17)33(30,31)19-9-5-2-6-10-19;/h1-16H;1H. The molecule has 0 N–H and O–H groups in total. The summed E-state index contributed by atoms with van der Waals surface area (Å²) < 4.78 is 34.2. The van der Waals surface area contributed by atoms with E-state index in [1.807, 2.05) is 0 Å². The summed E-state index contributed by atoms with van der Waals surface area (Å²) in [5, 5.41) is 0.454. The number of hydrogen-bond donors (Lipinski definition) is 0. The van der Waals surface area contributed by atoms with Crippen molar-refractivity contribution in [1.29, 1.82) is 0 Å². The number of nitrogens with zero attached hydrogens (tertiary/aromatic N) is 4. The van der Waals surface area contributed by atoms with E-state index in [2.05, 4.69) is 15.0 Å². The molecule has 0 saturated carbocycles. The van der Waals surface area contributed by atoms with E-state index in [1.165, 1.54) is 35.0 Å². The molecule has 8 nitrogen and oxygen atoms in total. The molecule has 0 bridgehead atoms. The van der Waals surface area contributed by atoms with Gasteiger partial charge in [-0.3, -0.25) is 9.78 Å². The SMILES string of the molecule is Cl.O=Cc1ccc(-c2cc3c(N(c4ccccc4)S(=O)(=O)c4ccccc4)ncnc3cn2)o1. The van der Waals surface area contributed by atoms with E-state index in [4.69, 9.17) is 4.42 Å². The Labute approximate surface area is 201 Å². The lowest BCUT2D eigenvalue weighted by Crippen LogP contribution is -2.27. The number of anilines is 2. The van der Waals surface area contributed by atoms with Gasteiger partial charge in [0.15, 0.2) is 23.6 Å². The van der Waals surface area contributed by atoms with Gasteiger partial charge in [0.25, 0.3) is 10.0 Å². The molecule has 0 aliphatic heterocycles. The number of carbonyl (C=O) groups is 1. The van der Waals surface area contributed by atoms with Crippen molar-refractivity contribution in [1.82, 2.24) is 15.0 Å². The Morgan fingerprint density at radius 1 is 0.853 bits per heavy atom. The molecule has 2 aromatic carbocycles. The number of pyridine rings is 1. The maximum absolute atomic E-state index is 13.8. The van der Waals surface area contributed by atoms with Gasteiger partial charge in [-0.1, -0.05) is 36.4 Å². The van der Waals surface area contributed by atoms with Crippen LogP contribution in [0.4, 0.5) is 11.5 Å². The highest BCUT2D eigenvalue weighted by atomic mass is 35.5. The average Bonchev–Trinajstić information content (AvgIpc) is 3.35. The van der Waals surface area contributed by atoms with Crippen molar-refractivity contribution in [2.45, 2.75) is 4.90 Å². The van der Waals surface area contributed by atoms with Crippen molar-refractivity contribution >= 4 is 51.1 Å². The van der Waals surface area contributed by atoms with Crippen LogP contribution < -0.4 is 4.31 Å². The Kier molecular flexibility index (Phi) is 6.40. The minimum absolute atomic E-state index is 0. The Hall–Kier alpha value is -4.08. The number of carbonyl (C=O) groups excluding carboxylic acids is 1. The summed E-state index contributed by atoms with van der Waals surface area (Å²) in [6, 6.07) is 21.6. The highest BCUT2D eigenvalue weighted by Crippen LogP contribution is 2.36. The highest BCUT2D eigenvalue weighted by Gasteiger charge is 2.29. The maximum atomic E-state index is 13.8. The van der Waals surface area contributed by atoms with Gasteiger partial charge in [0.2, 0.25) is 0 Å². The van der Waals surface area contributed by atoms with Crippen LogP contribution in [-0.2, 0) is 10.0 Å². The second-order valence-electron chi connectivity index (χ2n) is 7.02. The van der Waals surface area contributed by atoms with E-state index in [-0.39, 0.29) is 28.9 Å². The first-order valence-electron chi connectivity index (χ1n) is 9.89. The van der Waals surface area contributed by atoms with Crippen LogP contribution in [0.3, 0.4) is 0 Å². The van der Waals surface area contributed by atoms with Crippen LogP contribution >= 0.6 is 12.4 Å². The molecule has 0 aliphatic carbocycles. The smallest absolute Gasteiger partial charge is 0.269 e. The number of rotatable bonds is 6.